The lowest BCUT2D eigenvalue weighted by molar-refractivity contribution is -0.212. The van der Waals surface area contributed by atoms with Gasteiger partial charge in [0.2, 0.25) is 0 Å². The summed E-state index contributed by atoms with van der Waals surface area (Å²) in [6, 6.07) is 3.99. The first-order valence-electron chi connectivity index (χ1n) is 11.2. The molecule has 202 valence electrons. The quantitative estimate of drug-likeness (QED) is 0.272. The SMILES string of the molecule is CC(=O)OC[C@H]1O[C@H](Sc2cc(Cl)ccc2Cl)[C@H](OC(C)=O)[C@@H](n2cc(-c3nccs3)nn2)[C@H]1OC(C)=O. The van der Waals surface area contributed by atoms with Crippen molar-refractivity contribution in [2.75, 3.05) is 6.61 Å². The smallest absolute Gasteiger partial charge is 0.303 e. The molecule has 1 saturated heterocycles. The van der Waals surface area contributed by atoms with E-state index < -0.39 is 47.7 Å². The highest BCUT2D eigenvalue weighted by Gasteiger charge is 2.52. The van der Waals surface area contributed by atoms with Gasteiger partial charge in [-0.3, -0.25) is 14.4 Å². The summed E-state index contributed by atoms with van der Waals surface area (Å²) < 4.78 is 24.3. The second-order valence-corrected chi connectivity index (χ2v) is 11.0. The first kappa shape index (κ1) is 28.3. The van der Waals surface area contributed by atoms with E-state index in [1.807, 2.05) is 0 Å². The average molecular weight is 601 g/mol. The standard InChI is InChI=1S/C23H22Cl2N4O7S2/c1-11(30)33-10-17-20(34-12(2)31)19(29-9-16(27-28-29)22-26-6-7-37-22)21(35-13(3)32)23(36-17)38-18-8-14(24)4-5-15(18)25/h4-9,17,19-21,23H,10H2,1-3H3/t17-,19+,20+,21-,23-/m1/s1. The molecular formula is C23H22Cl2N4O7S2. The lowest BCUT2D eigenvalue weighted by atomic mass is 9.96. The molecule has 1 aliphatic heterocycles. The lowest BCUT2D eigenvalue weighted by Crippen LogP contribution is -2.57. The number of hydrogen-bond donors (Lipinski definition) is 0. The number of hydrogen-bond acceptors (Lipinski definition) is 12. The molecule has 2 aromatic heterocycles. The fourth-order valence-electron chi connectivity index (χ4n) is 3.84. The molecule has 3 heterocycles. The summed E-state index contributed by atoms with van der Waals surface area (Å²) in [6.07, 6.45) is 0.166. The van der Waals surface area contributed by atoms with E-state index in [2.05, 4.69) is 15.3 Å². The van der Waals surface area contributed by atoms with Gasteiger partial charge in [-0.1, -0.05) is 40.2 Å². The summed E-state index contributed by atoms with van der Waals surface area (Å²) in [7, 11) is 0. The van der Waals surface area contributed by atoms with Crippen molar-refractivity contribution in [2.24, 2.45) is 0 Å². The average Bonchev–Trinajstić information content (AvgIpc) is 3.53. The Labute approximate surface area is 235 Å². The van der Waals surface area contributed by atoms with Gasteiger partial charge >= 0.3 is 17.9 Å². The molecule has 0 radical (unpaired) electrons. The van der Waals surface area contributed by atoms with Gasteiger partial charge in [0.25, 0.3) is 0 Å². The van der Waals surface area contributed by atoms with Gasteiger partial charge in [0, 0.05) is 42.3 Å². The monoisotopic (exact) mass is 600 g/mol. The summed E-state index contributed by atoms with van der Waals surface area (Å²) >= 11 is 15.1. The summed E-state index contributed by atoms with van der Waals surface area (Å²) in [4.78, 5) is 40.9. The van der Waals surface area contributed by atoms with Gasteiger partial charge in [0.1, 0.15) is 34.9 Å². The number of carbonyl (C=O) groups is 3. The molecule has 1 fully saturated rings. The fraction of sp³-hybridized carbons (Fsp3) is 0.391. The predicted octanol–water partition coefficient (Wildman–Crippen LogP) is 4.19. The fourth-order valence-corrected chi connectivity index (χ4v) is 6.09. The largest absolute Gasteiger partial charge is 0.463 e. The van der Waals surface area contributed by atoms with Crippen LogP contribution in [0.1, 0.15) is 26.8 Å². The van der Waals surface area contributed by atoms with Crippen molar-refractivity contribution in [3.8, 4) is 10.7 Å². The molecule has 3 aromatic rings. The first-order valence-corrected chi connectivity index (χ1v) is 13.7. The molecule has 0 N–H and O–H groups in total. The van der Waals surface area contributed by atoms with Crippen LogP contribution in [-0.4, -0.2) is 68.2 Å². The number of nitrogens with zero attached hydrogens (tertiary/aromatic N) is 4. The van der Waals surface area contributed by atoms with Crippen molar-refractivity contribution in [1.29, 1.82) is 0 Å². The summed E-state index contributed by atoms with van der Waals surface area (Å²) in [5, 5.41) is 11.7. The molecule has 0 unspecified atom stereocenters. The van der Waals surface area contributed by atoms with Crippen LogP contribution in [0, 0.1) is 0 Å². The molecule has 0 saturated carbocycles. The number of carbonyl (C=O) groups excluding carboxylic acids is 3. The predicted molar refractivity (Wildman–Crippen MR) is 139 cm³/mol. The number of halogens is 2. The Balaban J connectivity index is 1.80. The minimum atomic E-state index is -1.08. The summed E-state index contributed by atoms with van der Waals surface area (Å²) in [5.74, 6) is -1.78. The number of benzene rings is 1. The molecule has 0 spiro atoms. The van der Waals surface area contributed by atoms with E-state index >= 15 is 0 Å². The minimum absolute atomic E-state index is 0.245. The van der Waals surface area contributed by atoms with Crippen LogP contribution in [0.2, 0.25) is 10.0 Å². The van der Waals surface area contributed by atoms with E-state index in [0.717, 1.165) is 11.8 Å². The molecule has 4 rings (SSSR count). The molecule has 0 bridgehead atoms. The normalized spacial score (nSPS) is 23.0. The topological polar surface area (TPSA) is 132 Å². The molecular weight excluding hydrogens is 579 g/mol. The van der Waals surface area contributed by atoms with Gasteiger partial charge in [-0.25, -0.2) is 9.67 Å². The second-order valence-electron chi connectivity index (χ2n) is 8.10. The molecule has 1 aromatic carbocycles. The van der Waals surface area contributed by atoms with Gasteiger partial charge in [-0.05, 0) is 18.2 Å². The number of thiazole rings is 1. The van der Waals surface area contributed by atoms with E-state index in [9.17, 15) is 14.4 Å². The Morgan fingerprint density at radius 1 is 1.11 bits per heavy atom. The van der Waals surface area contributed by atoms with Gasteiger partial charge in [-0.15, -0.1) is 16.4 Å². The number of thioether (sulfide) groups is 1. The van der Waals surface area contributed by atoms with Crippen LogP contribution < -0.4 is 0 Å². The number of rotatable bonds is 8. The lowest BCUT2D eigenvalue weighted by Gasteiger charge is -2.44. The molecule has 0 amide bonds. The van der Waals surface area contributed by atoms with Crippen LogP contribution in [-0.2, 0) is 33.3 Å². The van der Waals surface area contributed by atoms with Gasteiger partial charge in [-0.2, -0.15) is 0 Å². The van der Waals surface area contributed by atoms with Crippen LogP contribution in [0.5, 0.6) is 0 Å². The van der Waals surface area contributed by atoms with Crippen LogP contribution in [0.3, 0.4) is 0 Å². The van der Waals surface area contributed by atoms with Crippen molar-refractivity contribution in [1.82, 2.24) is 20.0 Å². The highest BCUT2D eigenvalue weighted by atomic mass is 35.5. The maximum Gasteiger partial charge on any atom is 0.303 e. The van der Waals surface area contributed by atoms with E-state index in [1.165, 1.54) is 36.8 Å². The number of aromatic nitrogens is 4. The van der Waals surface area contributed by atoms with Crippen molar-refractivity contribution in [3.63, 3.8) is 0 Å². The zero-order chi connectivity index (χ0) is 27.4. The molecule has 5 atom stereocenters. The maximum absolute atomic E-state index is 12.3. The molecule has 11 nitrogen and oxygen atoms in total. The second kappa shape index (κ2) is 12.4. The minimum Gasteiger partial charge on any atom is -0.463 e. The van der Waals surface area contributed by atoms with Crippen molar-refractivity contribution >= 4 is 64.2 Å². The molecule has 15 heteroatoms. The Bertz CT molecular complexity index is 1310. The third-order valence-electron chi connectivity index (χ3n) is 5.28. The zero-order valence-electron chi connectivity index (χ0n) is 20.3. The van der Waals surface area contributed by atoms with Crippen molar-refractivity contribution in [2.45, 2.75) is 55.5 Å². The van der Waals surface area contributed by atoms with Gasteiger partial charge in [0.05, 0.1) is 11.2 Å². The molecule has 0 aliphatic carbocycles. The van der Waals surface area contributed by atoms with E-state index in [4.69, 9.17) is 42.1 Å². The van der Waals surface area contributed by atoms with Gasteiger partial charge < -0.3 is 18.9 Å². The maximum atomic E-state index is 12.3. The van der Waals surface area contributed by atoms with E-state index in [0.29, 0.717) is 25.6 Å². The Hall–Kier alpha value is -2.71. The van der Waals surface area contributed by atoms with Crippen LogP contribution >= 0.6 is 46.3 Å². The summed E-state index contributed by atoms with van der Waals surface area (Å²) in [5.41, 5.74) is -0.437. The Morgan fingerprint density at radius 2 is 1.84 bits per heavy atom. The van der Waals surface area contributed by atoms with Crippen LogP contribution in [0.15, 0.2) is 40.9 Å². The third-order valence-corrected chi connectivity index (χ3v) is 7.95. The Kier molecular flexibility index (Phi) is 9.26. The highest BCUT2D eigenvalue weighted by Crippen LogP contribution is 2.43. The molecule has 1 aliphatic rings. The Morgan fingerprint density at radius 3 is 2.50 bits per heavy atom. The zero-order valence-corrected chi connectivity index (χ0v) is 23.4. The van der Waals surface area contributed by atoms with E-state index in [1.54, 1.807) is 36.0 Å². The van der Waals surface area contributed by atoms with Crippen LogP contribution in [0.4, 0.5) is 0 Å². The molecule has 38 heavy (non-hydrogen) atoms. The number of esters is 3. The van der Waals surface area contributed by atoms with Crippen LogP contribution in [0.25, 0.3) is 10.7 Å². The highest BCUT2D eigenvalue weighted by molar-refractivity contribution is 8.00. The summed E-state index contributed by atoms with van der Waals surface area (Å²) in [6.45, 7) is 3.48. The van der Waals surface area contributed by atoms with Crippen molar-refractivity contribution in [3.05, 3.63) is 46.0 Å². The number of ether oxygens (including phenoxy) is 4. The third kappa shape index (κ3) is 6.83. The first-order chi connectivity index (χ1) is 18.1. The van der Waals surface area contributed by atoms with Gasteiger partial charge in [0.15, 0.2) is 12.2 Å². The van der Waals surface area contributed by atoms with E-state index in [-0.39, 0.29) is 6.61 Å². The van der Waals surface area contributed by atoms with Crippen molar-refractivity contribution < 1.29 is 33.3 Å².